The molecule has 19 heavy (non-hydrogen) atoms. The topological polar surface area (TPSA) is 64.6 Å². The third kappa shape index (κ3) is 8.46. The van der Waals surface area contributed by atoms with Gasteiger partial charge in [-0.1, -0.05) is 40.5 Å². The van der Waals surface area contributed by atoms with Gasteiger partial charge in [0.1, 0.15) is 6.04 Å². The van der Waals surface area contributed by atoms with Gasteiger partial charge in [0.15, 0.2) is 0 Å². The molecule has 112 valence electrons. The Balaban J connectivity index is 4.15. The van der Waals surface area contributed by atoms with E-state index in [4.69, 9.17) is 9.47 Å². The fourth-order valence-electron chi connectivity index (χ4n) is 1.48. The predicted octanol–water partition coefficient (Wildman–Crippen LogP) is 2.88. The fourth-order valence-corrected chi connectivity index (χ4v) is 1.48. The highest BCUT2D eigenvalue weighted by atomic mass is 16.6. The molecule has 0 aromatic heterocycles. The van der Waals surface area contributed by atoms with Gasteiger partial charge in [0.2, 0.25) is 0 Å². The molecule has 0 spiro atoms. The van der Waals surface area contributed by atoms with Crippen molar-refractivity contribution in [2.24, 2.45) is 5.92 Å². The van der Waals surface area contributed by atoms with Crippen LogP contribution in [-0.4, -0.2) is 31.3 Å². The Hall–Kier alpha value is -1.26. The molecule has 1 atom stereocenters. The van der Waals surface area contributed by atoms with Crippen LogP contribution in [0.25, 0.3) is 0 Å². The van der Waals surface area contributed by atoms with Crippen LogP contribution >= 0.6 is 0 Å². The van der Waals surface area contributed by atoms with Gasteiger partial charge in [0.05, 0.1) is 13.2 Å². The van der Waals surface area contributed by atoms with E-state index in [-0.39, 0.29) is 11.9 Å². The van der Waals surface area contributed by atoms with Gasteiger partial charge >= 0.3 is 12.1 Å². The van der Waals surface area contributed by atoms with E-state index in [1.165, 1.54) is 0 Å². The minimum absolute atomic E-state index is 0.0344. The second kappa shape index (κ2) is 10.6. The molecule has 0 aliphatic heterocycles. The van der Waals surface area contributed by atoms with E-state index < -0.39 is 12.1 Å². The van der Waals surface area contributed by atoms with Gasteiger partial charge in [0, 0.05) is 0 Å². The summed E-state index contributed by atoms with van der Waals surface area (Å²) in [4.78, 5) is 23.3. The Morgan fingerprint density at radius 1 is 1.00 bits per heavy atom. The number of rotatable bonds is 9. The van der Waals surface area contributed by atoms with Crippen molar-refractivity contribution < 1.29 is 19.1 Å². The summed E-state index contributed by atoms with van der Waals surface area (Å²) in [5.74, 6) is -0.424. The molecule has 0 saturated carbocycles. The van der Waals surface area contributed by atoms with Gasteiger partial charge in [0.25, 0.3) is 0 Å². The van der Waals surface area contributed by atoms with Crippen LogP contribution < -0.4 is 5.32 Å². The van der Waals surface area contributed by atoms with Gasteiger partial charge in [-0.2, -0.15) is 0 Å². The van der Waals surface area contributed by atoms with Crippen LogP contribution in [0.4, 0.5) is 4.79 Å². The number of carbonyl (C=O) groups excluding carboxylic acids is 2. The van der Waals surface area contributed by atoms with Crippen LogP contribution in [0.5, 0.6) is 0 Å². The van der Waals surface area contributed by atoms with Crippen LogP contribution in [0.1, 0.15) is 53.4 Å². The molecule has 0 bridgehead atoms. The van der Waals surface area contributed by atoms with Crippen LogP contribution in [0.2, 0.25) is 0 Å². The van der Waals surface area contributed by atoms with E-state index in [1.807, 2.05) is 20.8 Å². The smallest absolute Gasteiger partial charge is 0.407 e. The second-order valence-corrected chi connectivity index (χ2v) is 4.88. The number of carbonyl (C=O) groups is 2. The maximum Gasteiger partial charge on any atom is 0.407 e. The van der Waals surface area contributed by atoms with Gasteiger partial charge in [-0.25, -0.2) is 9.59 Å². The zero-order chi connectivity index (χ0) is 14.7. The summed E-state index contributed by atoms with van der Waals surface area (Å²) in [5.41, 5.74) is 0. The molecule has 0 aromatic carbocycles. The average molecular weight is 273 g/mol. The summed E-state index contributed by atoms with van der Waals surface area (Å²) in [6.45, 7) is 8.47. The molecule has 0 fully saturated rings. The van der Waals surface area contributed by atoms with E-state index in [0.717, 1.165) is 25.7 Å². The SMILES string of the molecule is CCCCCOC(=O)C(NC(=O)OCCC)C(C)C. The van der Waals surface area contributed by atoms with E-state index >= 15 is 0 Å². The normalized spacial score (nSPS) is 12.1. The molecule has 0 heterocycles. The number of unbranched alkanes of at least 4 members (excludes halogenated alkanes) is 2. The monoisotopic (exact) mass is 273 g/mol. The van der Waals surface area contributed by atoms with E-state index in [1.54, 1.807) is 0 Å². The summed E-state index contributed by atoms with van der Waals surface area (Å²) in [5, 5.41) is 2.56. The van der Waals surface area contributed by atoms with Crippen molar-refractivity contribution in [2.45, 2.75) is 59.4 Å². The number of hydrogen-bond acceptors (Lipinski definition) is 4. The molecule has 0 aliphatic carbocycles. The number of ether oxygens (including phenoxy) is 2. The summed E-state index contributed by atoms with van der Waals surface area (Å²) in [6.07, 6.45) is 3.15. The molecule has 1 N–H and O–H groups in total. The van der Waals surface area contributed by atoms with Crippen molar-refractivity contribution in [3.05, 3.63) is 0 Å². The average Bonchev–Trinajstić information content (AvgIpc) is 2.38. The number of alkyl carbamates (subject to hydrolysis) is 1. The maximum absolute atomic E-state index is 11.9. The lowest BCUT2D eigenvalue weighted by Crippen LogP contribution is -2.45. The zero-order valence-corrected chi connectivity index (χ0v) is 12.5. The standard InChI is InChI=1S/C14H27NO4/c1-5-7-8-10-18-13(16)12(11(3)4)15-14(17)19-9-6-2/h11-12H,5-10H2,1-4H3,(H,15,17). The van der Waals surface area contributed by atoms with E-state index in [0.29, 0.717) is 13.2 Å². The number of amides is 1. The molecule has 1 amide bonds. The summed E-state index contributed by atoms with van der Waals surface area (Å²) < 4.78 is 10.1. The summed E-state index contributed by atoms with van der Waals surface area (Å²) in [6, 6.07) is -0.647. The molecule has 0 radical (unpaired) electrons. The summed E-state index contributed by atoms with van der Waals surface area (Å²) in [7, 11) is 0. The number of esters is 1. The van der Waals surface area contributed by atoms with Gasteiger partial charge in [-0.3, -0.25) is 0 Å². The summed E-state index contributed by atoms with van der Waals surface area (Å²) >= 11 is 0. The lowest BCUT2D eigenvalue weighted by atomic mass is 10.1. The fraction of sp³-hybridized carbons (Fsp3) is 0.857. The quantitative estimate of drug-likeness (QED) is 0.518. The van der Waals surface area contributed by atoms with Crippen LogP contribution in [0.3, 0.4) is 0 Å². The van der Waals surface area contributed by atoms with Crippen molar-refractivity contribution >= 4 is 12.1 Å². The molecule has 5 nitrogen and oxygen atoms in total. The minimum Gasteiger partial charge on any atom is -0.464 e. The number of nitrogens with one attached hydrogen (secondary N) is 1. The van der Waals surface area contributed by atoms with E-state index in [9.17, 15) is 9.59 Å². The van der Waals surface area contributed by atoms with Crippen LogP contribution in [0, 0.1) is 5.92 Å². The van der Waals surface area contributed by atoms with Crippen molar-refractivity contribution in [3.8, 4) is 0 Å². The molecular weight excluding hydrogens is 246 g/mol. The lowest BCUT2D eigenvalue weighted by Gasteiger charge is -2.20. The van der Waals surface area contributed by atoms with Gasteiger partial charge < -0.3 is 14.8 Å². The first-order valence-corrected chi connectivity index (χ1v) is 7.12. The zero-order valence-electron chi connectivity index (χ0n) is 12.5. The molecule has 0 rings (SSSR count). The van der Waals surface area contributed by atoms with Crippen molar-refractivity contribution in [3.63, 3.8) is 0 Å². The molecule has 0 saturated heterocycles. The largest absolute Gasteiger partial charge is 0.464 e. The Bertz CT molecular complexity index is 266. The Morgan fingerprint density at radius 3 is 2.21 bits per heavy atom. The molecule has 5 heteroatoms. The lowest BCUT2D eigenvalue weighted by molar-refractivity contribution is -0.147. The van der Waals surface area contributed by atoms with Crippen molar-refractivity contribution in [2.75, 3.05) is 13.2 Å². The van der Waals surface area contributed by atoms with Crippen LogP contribution in [-0.2, 0) is 14.3 Å². The molecule has 0 aliphatic rings. The first-order valence-electron chi connectivity index (χ1n) is 7.12. The number of hydrogen-bond donors (Lipinski definition) is 1. The molecule has 0 aromatic rings. The van der Waals surface area contributed by atoms with Gasteiger partial charge in [-0.05, 0) is 18.8 Å². The Kier molecular flexibility index (Phi) is 9.94. The van der Waals surface area contributed by atoms with E-state index in [2.05, 4.69) is 12.2 Å². The second-order valence-electron chi connectivity index (χ2n) is 4.88. The predicted molar refractivity (Wildman–Crippen MR) is 73.9 cm³/mol. The van der Waals surface area contributed by atoms with Crippen molar-refractivity contribution in [1.29, 1.82) is 0 Å². The third-order valence-corrected chi connectivity index (χ3v) is 2.62. The Labute approximate surface area is 116 Å². The maximum atomic E-state index is 11.9. The first kappa shape index (κ1) is 17.7. The highest BCUT2D eigenvalue weighted by Crippen LogP contribution is 2.06. The molecular formula is C14H27NO4. The first-order chi connectivity index (χ1) is 9.02. The van der Waals surface area contributed by atoms with Gasteiger partial charge in [-0.15, -0.1) is 0 Å². The molecule has 1 unspecified atom stereocenters. The minimum atomic E-state index is -0.647. The van der Waals surface area contributed by atoms with Crippen LogP contribution in [0.15, 0.2) is 0 Å². The third-order valence-electron chi connectivity index (χ3n) is 2.62. The Morgan fingerprint density at radius 2 is 1.68 bits per heavy atom. The highest BCUT2D eigenvalue weighted by molar-refractivity contribution is 5.81. The van der Waals surface area contributed by atoms with Crippen molar-refractivity contribution in [1.82, 2.24) is 5.32 Å². The highest BCUT2D eigenvalue weighted by Gasteiger charge is 2.26.